The van der Waals surface area contributed by atoms with Crippen LogP contribution in [-0.2, 0) is 4.79 Å². The van der Waals surface area contributed by atoms with E-state index in [-0.39, 0.29) is 5.91 Å². The van der Waals surface area contributed by atoms with Crippen LogP contribution in [0.5, 0.6) is 11.5 Å². The van der Waals surface area contributed by atoms with Crippen molar-refractivity contribution in [1.82, 2.24) is 5.32 Å². The molecule has 7 heteroatoms. The SMILES string of the molecule is C=CCOc1cc(Br)c(/C=C2/SC(=Nc3ccc(C)c(C)c3)NC2=O)cc1OCC. The first-order valence-corrected chi connectivity index (χ1v) is 11.1. The molecular formula is C23H23BrN2O3S. The third-order valence-electron chi connectivity index (χ3n) is 4.38. The van der Waals surface area contributed by atoms with Crippen LogP contribution >= 0.6 is 27.7 Å². The summed E-state index contributed by atoms with van der Waals surface area (Å²) in [6.45, 7) is 10.6. The Labute approximate surface area is 189 Å². The molecule has 0 bridgehead atoms. The number of nitrogens with one attached hydrogen (secondary N) is 1. The van der Waals surface area contributed by atoms with Crippen molar-refractivity contribution < 1.29 is 14.3 Å². The highest BCUT2D eigenvalue weighted by molar-refractivity contribution is 9.10. The van der Waals surface area contributed by atoms with Crippen molar-refractivity contribution in [1.29, 1.82) is 0 Å². The van der Waals surface area contributed by atoms with Crippen LogP contribution in [0.15, 0.2) is 57.4 Å². The standard InChI is InChI=1S/C23H23BrN2O3S/c1-5-9-29-20-13-18(24)16(11-19(20)28-6-2)12-21-22(27)26-23(30-21)25-17-8-7-14(3)15(4)10-17/h5,7-8,10-13H,1,6,9H2,2-4H3,(H,25,26,27)/b21-12+. The fourth-order valence-corrected chi connectivity index (χ4v) is 3.99. The average Bonchev–Trinajstić information content (AvgIpc) is 3.05. The number of aliphatic imine (C=N–C) groups is 1. The zero-order chi connectivity index (χ0) is 21.7. The van der Waals surface area contributed by atoms with Gasteiger partial charge in [-0.2, -0.15) is 0 Å². The van der Waals surface area contributed by atoms with Gasteiger partial charge in [0.1, 0.15) is 6.61 Å². The molecule has 0 atom stereocenters. The third kappa shape index (κ3) is 5.34. The van der Waals surface area contributed by atoms with Crippen LogP contribution in [0.25, 0.3) is 6.08 Å². The molecular weight excluding hydrogens is 464 g/mol. The molecule has 156 valence electrons. The summed E-state index contributed by atoms with van der Waals surface area (Å²) in [4.78, 5) is 17.6. The van der Waals surface area contributed by atoms with Gasteiger partial charge in [0.15, 0.2) is 16.7 Å². The van der Waals surface area contributed by atoms with Gasteiger partial charge in [0.25, 0.3) is 5.91 Å². The molecule has 2 aromatic carbocycles. The lowest BCUT2D eigenvalue weighted by Crippen LogP contribution is -2.19. The number of carbonyl (C=O) groups excluding carboxylic acids is 1. The minimum Gasteiger partial charge on any atom is -0.490 e. The molecule has 0 unspecified atom stereocenters. The molecule has 1 fully saturated rings. The van der Waals surface area contributed by atoms with Crippen LogP contribution in [0.1, 0.15) is 23.6 Å². The molecule has 1 amide bonds. The molecule has 1 N–H and O–H groups in total. The first-order chi connectivity index (χ1) is 14.4. The van der Waals surface area contributed by atoms with E-state index in [2.05, 4.69) is 39.7 Å². The lowest BCUT2D eigenvalue weighted by Gasteiger charge is -2.13. The van der Waals surface area contributed by atoms with Crippen molar-refractivity contribution in [2.75, 3.05) is 13.2 Å². The lowest BCUT2D eigenvalue weighted by molar-refractivity contribution is -0.115. The summed E-state index contributed by atoms with van der Waals surface area (Å²) in [5, 5.41) is 3.39. The van der Waals surface area contributed by atoms with Gasteiger partial charge in [-0.1, -0.05) is 34.7 Å². The second-order valence-electron chi connectivity index (χ2n) is 6.60. The number of aryl methyl sites for hydroxylation is 2. The van der Waals surface area contributed by atoms with Crippen LogP contribution in [0.2, 0.25) is 0 Å². The number of hydrogen-bond donors (Lipinski definition) is 1. The lowest BCUT2D eigenvalue weighted by atomic mass is 10.1. The molecule has 0 radical (unpaired) electrons. The van der Waals surface area contributed by atoms with Gasteiger partial charge in [0.05, 0.1) is 17.2 Å². The summed E-state index contributed by atoms with van der Waals surface area (Å²) < 4.78 is 12.2. The Bertz CT molecular complexity index is 1050. The smallest absolute Gasteiger partial charge is 0.264 e. The van der Waals surface area contributed by atoms with E-state index in [1.54, 1.807) is 6.08 Å². The molecule has 1 saturated heterocycles. The third-order valence-corrected chi connectivity index (χ3v) is 5.97. The van der Waals surface area contributed by atoms with Gasteiger partial charge < -0.3 is 14.8 Å². The van der Waals surface area contributed by atoms with E-state index in [1.165, 1.54) is 17.3 Å². The Hall–Kier alpha value is -2.51. The van der Waals surface area contributed by atoms with Crippen LogP contribution in [-0.4, -0.2) is 24.3 Å². The maximum Gasteiger partial charge on any atom is 0.264 e. The summed E-state index contributed by atoms with van der Waals surface area (Å²) in [5.41, 5.74) is 3.99. The number of amidine groups is 1. The predicted octanol–water partition coefficient (Wildman–Crippen LogP) is 5.92. The van der Waals surface area contributed by atoms with Gasteiger partial charge in [-0.15, -0.1) is 0 Å². The molecule has 0 spiro atoms. The number of rotatable bonds is 7. The fraction of sp³-hybridized carbons (Fsp3) is 0.217. The molecule has 0 aromatic heterocycles. The first kappa shape index (κ1) is 22.2. The molecule has 1 heterocycles. The number of carbonyl (C=O) groups is 1. The highest BCUT2D eigenvalue weighted by atomic mass is 79.9. The number of benzene rings is 2. The predicted molar refractivity (Wildman–Crippen MR) is 128 cm³/mol. The number of halogens is 1. The van der Waals surface area contributed by atoms with E-state index in [9.17, 15) is 4.79 Å². The van der Waals surface area contributed by atoms with E-state index in [1.807, 2.05) is 50.3 Å². The topological polar surface area (TPSA) is 59.9 Å². The summed E-state index contributed by atoms with van der Waals surface area (Å²) in [7, 11) is 0. The number of hydrogen-bond acceptors (Lipinski definition) is 5. The van der Waals surface area contributed by atoms with Gasteiger partial charge in [-0.05, 0) is 79.6 Å². The van der Waals surface area contributed by atoms with Gasteiger partial charge in [-0.25, -0.2) is 4.99 Å². The summed E-state index contributed by atoms with van der Waals surface area (Å²) >= 11 is 4.87. The highest BCUT2D eigenvalue weighted by Crippen LogP contribution is 2.37. The second kappa shape index (κ2) is 10.00. The number of ether oxygens (including phenoxy) is 2. The number of nitrogens with zero attached hydrogens (tertiary/aromatic N) is 1. The van der Waals surface area contributed by atoms with Gasteiger partial charge in [-0.3, -0.25) is 4.79 Å². The monoisotopic (exact) mass is 486 g/mol. The van der Waals surface area contributed by atoms with E-state index in [0.29, 0.717) is 34.8 Å². The maximum absolute atomic E-state index is 12.5. The van der Waals surface area contributed by atoms with Crippen molar-refractivity contribution >= 4 is 50.5 Å². The Kier molecular flexibility index (Phi) is 7.39. The van der Waals surface area contributed by atoms with Crippen molar-refractivity contribution in [3.05, 3.63) is 69.1 Å². The van der Waals surface area contributed by atoms with E-state index in [4.69, 9.17) is 9.47 Å². The quantitative estimate of drug-likeness (QED) is 0.389. The molecule has 0 saturated carbocycles. The zero-order valence-corrected chi connectivity index (χ0v) is 19.5. The average molecular weight is 487 g/mol. The largest absolute Gasteiger partial charge is 0.490 e. The van der Waals surface area contributed by atoms with E-state index < -0.39 is 0 Å². The Morgan fingerprint density at radius 3 is 2.63 bits per heavy atom. The molecule has 2 aromatic rings. The van der Waals surface area contributed by atoms with Crippen LogP contribution in [0.3, 0.4) is 0 Å². The second-order valence-corrected chi connectivity index (χ2v) is 8.49. The van der Waals surface area contributed by atoms with Gasteiger partial charge in [0.2, 0.25) is 0 Å². The fourth-order valence-electron chi connectivity index (χ4n) is 2.73. The van der Waals surface area contributed by atoms with Crippen molar-refractivity contribution in [2.24, 2.45) is 4.99 Å². The van der Waals surface area contributed by atoms with Crippen LogP contribution in [0, 0.1) is 13.8 Å². The summed E-state index contributed by atoms with van der Waals surface area (Å²) in [6.07, 6.45) is 3.49. The van der Waals surface area contributed by atoms with E-state index >= 15 is 0 Å². The van der Waals surface area contributed by atoms with E-state index in [0.717, 1.165) is 21.3 Å². The van der Waals surface area contributed by atoms with Crippen LogP contribution in [0.4, 0.5) is 5.69 Å². The molecule has 1 aliphatic heterocycles. The summed E-state index contributed by atoms with van der Waals surface area (Å²) in [6, 6.07) is 9.66. The minimum atomic E-state index is -0.181. The van der Waals surface area contributed by atoms with Gasteiger partial charge in [0, 0.05) is 4.47 Å². The van der Waals surface area contributed by atoms with Crippen molar-refractivity contribution in [3.63, 3.8) is 0 Å². The van der Waals surface area contributed by atoms with Crippen LogP contribution < -0.4 is 14.8 Å². The molecule has 1 aliphatic rings. The van der Waals surface area contributed by atoms with Crippen molar-refractivity contribution in [2.45, 2.75) is 20.8 Å². The Balaban J connectivity index is 1.88. The number of thioether (sulfide) groups is 1. The summed E-state index contributed by atoms with van der Waals surface area (Å²) in [5.74, 6) is 1.05. The maximum atomic E-state index is 12.5. The molecule has 0 aliphatic carbocycles. The zero-order valence-electron chi connectivity index (χ0n) is 17.1. The molecule has 30 heavy (non-hydrogen) atoms. The number of amides is 1. The minimum absolute atomic E-state index is 0.181. The normalized spacial score (nSPS) is 16.1. The first-order valence-electron chi connectivity index (χ1n) is 9.48. The van der Waals surface area contributed by atoms with Gasteiger partial charge >= 0.3 is 0 Å². The molecule has 5 nitrogen and oxygen atoms in total. The highest BCUT2D eigenvalue weighted by Gasteiger charge is 2.24. The Morgan fingerprint density at radius 2 is 1.93 bits per heavy atom. The molecule has 3 rings (SSSR count). The Morgan fingerprint density at radius 1 is 1.17 bits per heavy atom. The van der Waals surface area contributed by atoms with Crippen molar-refractivity contribution in [3.8, 4) is 11.5 Å².